The van der Waals surface area contributed by atoms with Crippen LogP contribution in [0, 0.1) is 11.3 Å². The van der Waals surface area contributed by atoms with E-state index in [-0.39, 0.29) is 21.2 Å². The number of amides is 3. The van der Waals surface area contributed by atoms with Crippen LogP contribution in [0.15, 0.2) is 36.4 Å². The molecule has 1 atom stereocenters. The molecule has 0 unspecified atom stereocenters. The third-order valence-corrected chi connectivity index (χ3v) is 4.73. The average molecular weight is 388 g/mol. The van der Waals surface area contributed by atoms with Gasteiger partial charge in [0.25, 0.3) is 11.8 Å². The van der Waals surface area contributed by atoms with Gasteiger partial charge in [0, 0.05) is 5.69 Å². The van der Waals surface area contributed by atoms with E-state index in [4.69, 9.17) is 28.5 Å². The molecule has 130 valence electrons. The molecule has 0 spiro atoms. The summed E-state index contributed by atoms with van der Waals surface area (Å²) in [4.78, 5) is 38.4. The van der Waals surface area contributed by atoms with Gasteiger partial charge in [-0.2, -0.15) is 5.26 Å². The van der Waals surface area contributed by atoms with Gasteiger partial charge < -0.3 is 5.32 Å². The number of nitriles is 1. The number of anilines is 1. The lowest BCUT2D eigenvalue weighted by atomic mass is 10.1. The number of benzene rings is 2. The van der Waals surface area contributed by atoms with Gasteiger partial charge in [0.05, 0.1) is 32.8 Å². The van der Waals surface area contributed by atoms with Gasteiger partial charge in [-0.3, -0.25) is 19.3 Å². The standard InChI is InChI=1S/C18H11Cl2N3O3/c1-9(16(24)22-11-4-2-10(8-21)3-5-11)23-17(25)12-6-14(19)15(20)7-13(12)18(23)26/h2-7,9H,1H3,(H,22,24)/t9-/m0/s1. The minimum atomic E-state index is -1.05. The molecule has 8 heteroatoms. The fourth-order valence-corrected chi connectivity index (χ4v) is 2.92. The van der Waals surface area contributed by atoms with Crippen molar-refractivity contribution in [1.82, 2.24) is 4.90 Å². The Morgan fingerprint density at radius 2 is 1.58 bits per heavy atom. The van der Waals surface area contributed by atoms with Crippen LogP contribution >= 0.6 is 23.2 Å². The Morgan fingerprint density at radius 3 is 2.04 bits per heavy atom. The summed E-state index contributed by atoms with van der Waals surface area (Å²) < 4.78 is 0. The number of nitrogens with zero attached hydrogens (tertiary/aromatic N) is 2. The molecule has 0 fully saturated rings. The molecular weight excluding hydrogens is 377 g/mol. The van der Waals surface area contributed by atoms with Gasteiger partial charge in [0.1, 0.15) is 6.04 Å². The van der Waals surface area contributed by atoms with Crippen molar-refractivity contribution in [1.29, 1.82) is 5.26 Å². The molecule has 1 aliphatic heterocycles. The van der Waals surface area contributed by atoms with Crippen LogP contribution in [-0.4, -0.2) is 28.7 Å². The average Bonchev–Trinajstić information content (AvgIpc) is 2.86. The van der Waals surface area contributed by atoms with Crippen LogP contribution in [0.1, 0.15) is 33.2 Å². The van der Waals surface area contributed by atoms with Gasteiger partial charge in [-0.05, 0) is 43.3 Å². The fourth-order valence-electron chi connectivity index (χ4n) is 2.60. The molecule has 1 aliphatic rings. The second-order valence-corrected chi connectivity index (χ2v) is 6.46. The Morgan fingerprint density at radius 1 is 1.08 bits per heavy atom. The maximum atomic E-state index is 12.5. The predicted octanol–water partition coefficient (Wildman–Crippen LogP) is 3.49. The second-order valence-electron chi connectivity index (χ2n) is 5.65. The highest BCUT2D eigenvalue weighted by molar-refractivity contribution is 6.43. The van der Waals surface area contributed by atoms with Crippen LogP contribution < -0.4 is 5.32 Å². The van der Waals surface area contributed by atoms with E-state index >= 15 is 0 Å². The molecule has 1 heterocycles. The number of carbonyl (C=O) groups is 3. The van der Waals surface area contributed by atoms with Gasteiger partial charge in [-0.1, -0.05) is 23.2 Å². The topological polar surface area (TPSA) is 90.3 Å². The third-order valence-electron chi connectivity index (χ3n) is 4.01. The van der Waals surface area contributed by atoms with E-state index in [9.17, 15) is 14.4 Å². The first kappa shape index (κ1) is 17.9. The Kier molecular flexibility index (Phi) is 4.68. The number of imide groups is 1. The number of halogens is 2. The van der Waals surface area contributed by atoms with Crippen LogP contribution in [0.5, 0.6) is 0 Å². The number of carbonyl (C=O) groups excluding carboxylic acids is 3. The van der Waals surface area contributed by atoms with Crippen molar-refractivity contribution in [3.63, 3.8) is 0 Å². The fraction of sp³-hybridized carbons (Fsp3) is 0.111. The van der Waals surface area contributed by atoms with E-state index in [1.165, 1.54) is 19.1 Å². The SMILES string of the molecule is C[C@@H](C(=O)Nc1ccc(C#N)cc1)N1C(=O)c2cc(Cl)c(Cl)cc2C1=O. The molecule has 3 rings (SSSR count). The molecule has 6 nitrogen and oxygen atoms in total. The normalized spacial score (nSPS) is 14.0. The molecular formula is C18H11Cl2N3O3. The quantitative estimate of drug-likeness (QED) is 0.815. The molecule has 0 bridgehead atoms. The highest BCUT2D eigenvalue weighted by Crippen LogP contribution is 2.32. The highest BCUT2D eigenvalue weighted by atomic mass is 35.5. The molecule has 0 aliphatic carbocycles. The van der Waals surface area contributed by atoms with Crippen molar-refractivity contribution in [3.05, 3.63) is 63.1 Å². The van der Waals surface area contributed by atoms with Crippen molar-refractivity contribution >= 4 is 46.6 Å². The largest absolute Gasteiger partial charge is 0.324 e. The molecule has 0 saturated carbocycles. The minimum Gasteiger partial charge on any atom is -0.324 e. The van der Waals surface area contributed by atoms with Crippen molar-refractivity contribution in [2.45, 2.75) is 13.0 Å². The number of hydrogen-bond acceptors (Lipinski definition) is 4. The first-order valence-corrected chi connectivity index (χ1v) is 8.27. The highest BCUT2D eigenvalue weighted by Gasteiger charge is 2.41. The van der Waals surface area contributed by atoms with Gasteiger partial charge >= 0.3 is 0 Å². The molecule has 1 N–H and O–H groups in total. The Bertz CT molecular complexity index is 939. The molecule has 3 amide bonds. The lowest BCUT2D eigenvalue weighted by Crippen LogP contribution is -2.45. The zero-order valence-electron chi connectivity index (χ0n) is 13.4. The lowest BCUT2D eigenvalue weighted by molar-refractivity contribution is -0.119. The summed E-state index contributed by atoms with van der Waals surface area (Å²) in [7, 11) is 0. The van der Waals surface area contributed by atoms with Gasteiger partial charge in [0.15, 0.2) is 0 Å². The van der Waals surface area contributed by atoms with Crippen LogP contribution in [0.3, 0.4) is 0 Å². The van der Waals surface area contributed by atoms with Gasteiger partial charge in [-0.15, -0.1) is 0 Å². The number of rotatable bonds is 3. The van der Waals surface area contributed by atoms with E-state index < -0.39 is 23.8 Å². The monoisotopic (exact) mass is 387 g/mol. The van der Waals surface area contributed by atoms with E-state index in [1.807, 2.05) is 6.07 Å². The van der Waals surface area contributed by atoms with Crippen LogP contribution in [0.25, 0.3) is 0 Å². The zero-order valence-corrected chi connectivity index (χ0v) is 14.9. The Labute approximate surface area is 158 Å². The third kappa shape index (κ3) is 3.03. The van der Waals surface area contributed by atoms with Crippen LogP contribution in [0.2, 0.25) is 10.0 Å². The molecule has 0 aromatic heterocycles. The maximum Gasteiger partial charge on any atom is 0.262 e. The summed E-state index contributed by atoms with van der Waals surface area (Å²) in [6.07, 6.45) is 0. The van der Waals surface area contributed by atoms with Crippen molar-refractivity contribution < 1.29 is 14.4 Å². The number of fused-ring (bicyclic) bond motifs is 1. The van der Waals surface area contributed by atoms with Gasteiger partial charge in [-0.25, -0.2) is 0 Å². The predicted molar refractivity (Wildman–Crippen MR) is 96.2 cm³/mol. The molecule has 2 aromatic carbocycles. The molecule has 0 radical (unpaired) electrons. The first-order valence-electron chi connectivity index (χ1n) is 7.51. The first-order chi connectivity index (χ1) is 12.3. The smallest absolute Gasteiger partial charge is 0.262 e. The minimum absolute atomic E-state index is 0.113. The second kappa shape index (κ2) is 6.79. The lowest BCUT2D eigenvalue weighted by Gasteiger charge is -2.21. The van der Waals surface area contributed by atoms with E-state index in [0.29, 0.717) is 11.3 Å². The molecule has 2 aromatic rings. The van der Waals surface area contributed by atoms with Crippen LogP contribution in [0.4, 0.5) is 5.69 Å². The Hall–Kier alpha value is -2.88. The number of hydrogen-bond donors (Lipinski definition) is 1. The summed E-state index contributed by atoms with van der Waals surface area (Å²) in [6.45, 7) is 1.45. The van der Waals surface area contributed by atoms with Gasteiger partial charge in [0.2, 0.25) is 5.91 Å². The van der Waals surface area contributed by atoms with Crippen molar-refractivity contribution in [2.75, 3.05) is 5.32 Å². The molecule has 0 saturated heterocycles. The molecule has 26 heavy (non-hydrogen) atoms. The van der Waals surface area contributed by atoms with Crippen LogP contribution in [-0.2, 0) is 4.79 Å². The summed E-state index contributed by atoms with van der Waals surface area (Å²) in [5.74, 6) is -1.75. The Balaban J connectivity index is 1.82. The number of nitrogens with one attached hydrogen (secondary N) is 1. The van der Waals surface area contributed by atoms with E-state index in [0.717, 1.165) is 4.90 Å². The summed E-state index contributed by atoms with van der Waals surface area (Å²) in [5.41, 5.74) is 1.12. The summed E-state index contributed by atoms with van der Waals surface area (Å²) in [5, 5.41) is 11.7. The summed E-state index contributed by atoms with van der Waals surface area (Å²) in [6, 6.07) is 9.79. The van der Waals surface area contributed by atoms with E-state index in [2.05, 4.69) is 5.32 Å². The van der Waals surface area contributed by atoms with Crippen molar-refractivity contribution in [3.8, 4) is 6.07 Å². The van der Waals surface area contributed by atoms with E-state index in [1.54, 1.807) is 24.3 Å². The maximum absolute atomic E-state index is 12.5. The summed E-state index contributed by atoms with van der Waals surface area (Å²) >= 11 is 11.8. The zero-order chi connectivity index (χ0) is 19.0. The van der Waals surface area contributed by atoms with Crippen molar-refractivity contribution in [2.24, 2.45) is 0 Å².